The number of rotatable bonds is 7. The van der Waals surface area contributed by atoms with E-state index in [1.807, 2.05) is 6.92 Å². The van der Waals surface area contributed by atoms with E-state index in [2.05, 4.69) is 34.4 Å². The third-order valence-corrected chi connectivity index (χ3v) is 8.28. The first-order valence-corrected chi connectivity index (χ1v) is 13.5. The molecule has 2 aromatic carbocycles. The van der Waals surface area contributed by atoms with Gasteiger partial charge >= 0.3 is 5.97 Å². The number of nitrogens with one attached hydrogen (secondary N) is 1. The molecule has 0 spiro atoms. The third kappa shape index (κ3) is 4.83. The quantitative estimate of drug-likeness (QED) is 0.393. The van der Waals surface area contributed by atoms with Gasteiger partial charge < -0.3 is 20.2 Å². The number of aromatic nitrogens is 2. The summed E-state index contributed by atoms with van der Waals surface area (Å²) in [6.07, 6.45) is 6.21. The molecule has 3 heterocycles. The van der Waals surface area contributed by atoms with Gasteiger partial charge in [-0.1, -0.05) is 24.6 Å². The van der Waals surface area contributed by atoms with Crippen LogP contribution in [0.1, 0.15) is 48.4 Å². The van der Waals surface area contributed by atoms with E-state index in [-0.39, 0.29) is 6.42 Å². The number of carboxylic acid groups (broad SMARTS) is 1. The standard InChI is InChI=1S/C29H31ClFN5O2/c1-29(13-26(37)38)16-36(25-12-20(31)5-6-23(25)29)27-24(30)14-32-28(34-27)33-21-10-18(9-17-3-4-17)22-7-8-35(2)15-19(22)11-21/h5-6,10-12,14,17H,3-4,7-9,13,15-16H2,1-2H3,(H,37,38)(H,32,33,34). The highest BCUT2D eigenvalue weighted by Crippen LogP contribution is 2.47. The van der Waals surface area contributed by atoms with Crippen LogP contribution in [0.15, 0.2) is 36.5 Å². The molecule has 1 fully saturated rings. The predicted molar refractivity (Wildman–Crippen MR) is 146 cm³/mol. The molecule has 2 N–H and O–H groups in total. The van der Waals surface area contributed by atoms with E-state index in [4.69, 9.17) is 16.6 Å². The van der Waals surface area contributed by atoms with Crippen molar-refractivity contribution in [3.05, 3.63) is 69.6 Å². The van der Waals surface area contributed by atoms with Crippen LogP contribution in [0.2, 0.25) is 5.02 Å². The summed E-state index contributed by atoms with van der Waals surface area (Å²) in [6.45, 7) is 4.16. The number of carbonyl (C=O) groups is 1. The molecule has 1 aliphatic carbocycles. The van der Waals surface area contributed by atoms with E-state index in [9.17, 15) is 14.3 Å². The molecule has 6 rings (SSSR count). The van der Waals surface area contributed by atoms with E-state index >= 15 is 0 Å². The smallest absolute Gasteiger partial charge is 0.304 e. The van der Waals surface area contributed by atoms with E-state index in [0.717, 1.165) is 43.1 Å². The lowest BCUT2D eigenvalue weighted by atomic mass is 9.81. The topological polar surface area (TPSA) is 81.6 Å². The number of benzene rings is 2. The van der Waals surface area contributed by atoms with Crippen LogP contribution in [0.3, 0.4) is 0 Å². The maximum Gasteiger partial charge on any atom is 0.304 e. The summed E-state index contributed by atoms with van der Waals surface area (Å²) < 4.78 is 14.3. The monoisotopic (exact) mass is 535 g/mol. The maximum absolute atomic E-state index is 14.3. The zero-order chi connectivity index (χ0) is 26.6. The highest BCUT2D eigenvalue weighted by molar-refractivity contribution is 6.33. The molecule has 0 saturated heterocycles. The van der Waals surface area contributed by atoms with Crippen LogP contribution in [-0.4, -0.2) is 46.1 Å². The van der Waals surface area contributed by atoms with Gasteiger partial charge in [0, 0.05) is 36.4 Å². The Morgan fingerprint density at radius 1 is 1.29 bits per heavy atom. The van der Waals surface area contributed by atoms with Crippen LogP contribution < -0.4 is 10.2 Å². The Morgan fingerprint density at radius 2 is 2.11 bits per heavy atom. The van der Waals surface area contributed by atoms with Crippen molar-refractivity contribution in [1.29, 1.82) is 0 Å². The second-order valence-corrected chi connectivity index (χ2v) is 11.7. The molecule has 2 aliphatic heterocycles. The Bertz CT molecular complexity index is 1430. The number of fused-ring (bicyclic) bond motifs is 2. The van der Waals surface area contributed by atoms with E-state index in [1.54, 1.807) is 11.0 Å². The number of anilines is 4. The Kier molecular flexibility index (Phi) is 6.27. The highest BCUT2D eigenvalue weighted by atomic mass is 35.5. The minimum atomic E-state index is -0.916. The number of hydrogen-bond donors (Lipinski definition) is 2. The molecule has 1 atom stereocenters. The summed E-state index contributed by atoms with van der Waals surface area (Å²) in [5, 5.41) is 13.3. The van der Waals surface area contributed by atoms with E-state index in [0.29, 0.717) is 29.0 Å². The fourth-order valence-electron chi connectivity index (χ4n) is 5.99. The molecule has 3 aliphatic rings. The van der Waals surface area contributed by atoms with Crippen molar-refractivity contribution in [2.45, 2.75) is 51.0 Å². The molecule has 1 aromatic heterocycles. The highest BCUT2D eigenvalue weighted by Gasteiger charge is 2.42. The summed E-state index contributed by atoms with van der Waals surface area (Å²) in [4.78, 5) is 25.0. The van der Waals surface area contributed by atoms with E-state index < -0.39 is 17.2 Å². The van der Waals surface area contributed by atoms with Gasteiger partial charge in [-0.15, -0.1) is 0 Å². The maximum atomic E-state index is 14.3. The first-order chi connectivity index (χ1) is 18.2. The van der Waals surface area contributed by atoms with Gasteiger partial charge in [0.2, 0.25) is 5.95 Å². The van der Waals surface area contributed by atoms with Crippen LogP contribution in [0.5, 0.6) is 0 Å². The van der Waals surface area contributed by atoms with Crippen LogP contribution in [0.4, 0.5) is 27.5 Å². The summed E-state index contributed by atoms with van der Waals surface area (Å²) in [5.41, 5.74) is 5.76. The van der Waals surface area contributed by atoms with Crippen molar-refractivity contribution in [1.82, 2.24) is 14.9 Å². The lowest BCUT2D eigenvalue weighted by Gasteiger charge is -2.28. The van der Waals surface area contributed by atoms with Crippen molar-refractivity contribution in [3.63, 3.8) is 0 Å². The fourth-order valence-corrected chi connectivity index (χ4v) is 6.18. The molecule has 0 radical (unpaired) electrons. The van der Waals surface area contributed by atoms with Gasteiger partial charge in [0.05, 0.1) is 12.6 Å². The number of nitrogens with zero attached hydrogens (tertiary/aromatic N) is 4. The van der Waals surface area contributed by atoms with Gasteiger partial charge in [0.25, 0.3) is 0 Å². The lowest BCUT2D eigenvalue weighted by molar-refractivity contribution is -0.138. The van der Waals surface area contributed by atoms with Crippen LogP contribution >= 0.6 is 11.6 Å². The molecular weight excluding hydrogens is 505 g/mol. The normalized spacial score (nSPS) is 20.8. The molecule has 0 amide bonds. The molecule has 7 nitrogen and oxygen atoms in total. The Labute approximate surface area is 226 Å². The second kappa shape index (κ2) is 9.50. The van der Waals surface area contributed by atoms with Gasteiger partial charge in [-0.25, -0.2) is 9.37 Å². The molecule has 198 valence electrons. The van der Waals surface area contributed by atoms with Gasteiger partial charge in [-0.05, 0) is 85.2 Å². The SMILES string of the molecule is CN1CCc2c(CC3CC3)cc(Nc3ncc(Cl)c(N4CC(C)(CC(=O)O)c5ccc(F)cc54)n3)cc2C1. The summed E-state index contributed by atoms with van der Waals surface area (Å²) in [5.74, 6) is 0.264. The average Bonchev–Trinajstić information content (AvgIpc) is 3.62. The lowest BCUT2D eigenvalue weighted by Crippen LogP contribution is -2.31. The Hall–Kier alpha value is -3.23. The molecule has 38 heavy (non-hydrogen) atoms. The Morgan fingerprint density at radius 3 is 2.87 bits per heavy atom. The fraction of sp³-hybridized carbons (Fsp3) is 0.414. The molecule has 1 saturated carbocycles. The first kappa shape index (κ1) is 25.1. The van der Waals surface area contributed by atoms with E-state index in [1.165, 1.54) is 47.9 Å². The predicted octanol–water partition coefficient (Wildman–Crippen LogP) is 5.84. The number of carboxylic acids is 1. The Balaban J connectivity index is 1.35. The van der Waals surface area contributed by atoms with Gasteiger partial charge in [0.1, 0.15) is 10.8 Å². The third-order valence-electron chi connectivity index (χ3n) is 8.01. The van der Waals surface area contributed by atoms with Crippen LogP contribution in [-0.2, 0) is 29.6 Å². The molecule has 1 unspecified atom stereocenters. The van der Waals surface area contributed by atoms with Gasteiger partial charge in [-0.3, -0.25) is 4.79 Å². The number of aliphatic carboxylic acids is 1. The first-order valence-electron chi connectivity index (χ1n) is 13.1. The average molecular weight is 536 g/mol. The number of halogens is 2. The van der Waals surface area contributed by atoms with Gasteiger partial charge in [-0.2, -0.15) is 4.98 Å². The second-order valence-electron chi connectivity index (χ2n) is 11.3. The molecule has 9 heteroatoms. The van der Waals surface area contributed by atoms with Crippen molar-refractivity contribution in [3.8, 4) is 0 Å². The van der Waals surface area contributed by atoms with Crippen molar-refractivity contribution >= 4 is 40.7 Å². The summed E-state index contributed by atoms with van der Waals surface area (Å²) in [7, 11) is 2.15. The van der Waals surface area contributed by atoms with Crippen molar-refractivity contribution < 1.29 is 14.3 Å². The minimum absolute atomic E-state index is 0.0940. The minimum Gasteiger partial charge on any atom is -0.481 e. The van der Waals surface area contributed by atoms with Crippen molar-refractivity contribution in [2.75, 3.05) is 30.4 Å². The zero-order valence-electron chi connectivity index (χ0n) is 21.6. The largest absolute Gasteiger partial charge is 0.481 e. The van der Waals surface area contributed by atoms with Crippen LogP contribution in [0.25, 0.3) is 0 Å². The molecule has 3 aromatic rings. The summed E-state index contributed by atoms with van der Waals surface area (Å²) >= 11 is 6.57. The molecular formula is C29H31ClFN5O2. The number of likely N-dealkylation sites (N-methyl/N-ethyl adjacent to an activating group) is 1. The molecule has 0 bridgehead atoms. The van der Waals surface area contributed by atoms with Gasteiger partial charge in [0.15, 0.2) is 5.82 Å². The number of hydrogen-bond acceptors (Lipinski definition) is 6. The summed E-state index contributed by atoms with van der Waals surface area (Å²) in [6, 6.07) is 8.85. The zero-order valence-corrected chi connectivity index (χ0v) is 22.4. The van der Waals surface area contributed by atoms with Crippen LogP contribution in [0, 0.1) is 11.7 Å². The van der Waals surface area contributed by atoms with Crippen molar-refractivity contribution in [2.24, 2.45) is 5.92 Å².